The van der Waals surface area contributed by atoms with E-state index < -0.39 is 0 Å². The van der Waals surface area contributed by atoms with Gasteiger partial charge in [-0.3, -0.25) is 9.48 Å². The minimum atomic E-state index is -0.162. The first kappa shape index (κ1) is 14.2. The van der Waals surface area contributed by atoms with E-state index in [4.69, 9.17) is 4.74 Å². The van der Waals surface area contributed by atoms with Gasteiger partial charge in [0.2, 0.25) is 5.91 Å². The van der Waals surface area contributed by atoms with Crippen molar-refractivity contribution in [3.63, 3.8) is 0 Å². The lowest BCUT2D eigenvalue weighted by Crippen LogP contribution is -2.29. The minimum Gasteiger partial charge on any atom is -0.373 e. The second kappa shape index (κ2) is 6.81. The maximum Gasteiger partial charge on any atom is 0.217 e. The van der Waals surface area contributed by atoms with Crippen molar-refractivity contribution >= 4 is 5.91 Å². The molecule has 0 saturated heterocycles. The molecule has 0 saturated carbocycles. The van der Waals surface area contributed by atoms with Gasteiger partial charge in [-0.25, -0.2) is 0 Å². The molecule has 6 nitrogen and oxygen atoms in total. The zero-order chi connectivity index (χ0) is 14.4. The number of hydrogen-bond acceptors (Lipinski definition) is 4. The van der Waals surface area contributed by atoms with Crippen LogP contribution in [0.15, 0.2) is 36.5 Å². The largest absolute Gasteiger partial charge is 0.373 e. The quantitative estimate of drug-likeness (QED) is 0.859. The summed E-state index contributed by atoms with van der Waals surface area (Å²) in [5.74, 6) is -0.0815. The van der Waals surface area contributed by atoms with Gasteiger partial charge >= 0.3 is 0 Å². The highest BCUT2D eigenvalue weighted by molar-refractivity contribution is 5.73. The third-order valence-corrected chi connectivity index (χ3v) is 2.76. The van der Waals surface area contributed by atoms with E-state index in [1.807, 2.05) is 30.3 Å². The number of aromatic nitrogens is 3. The van der Waals surface area contributed by atoms with E-state index in [0.29, 0.717) is 13.2 Å². The van der Waals surface area contributed by atoms with Crippen molar-refractivity contribution in [2.24, 2.45) is 7.05 Å². The summed E-state index contributed by atoms with van der Waals surface area (Å²) < 4.78 is 7.25. The molecule has 0 radical (unpaired) electrons. The van der Waals surface area contributed by atoms with Gasteiger partial charge in [0, 0.05) is 14.0 Å². The molecule has 0 spiro atoms. The summed E-state index contributed by atoms with van der Waals surface area (Å²) in [7, 11) is 1.81. The molecule has 0 bridgehead atoms. The van der Waals surface area contributed by atoms with E-state index in [0.717, 1.165) is 11.3 Å². The molecule has 1 aromatic carbocycles. The Morgan fingerprint density at radius 1 is 1.40 bits per heavy atom. The fraction of sp³-hybridized carbons (Fsp3) is 0.357. The van der Waals surface area contributed by atoms with Crippen molar-refractivity contribution in [3.05, 3.63) is 47.8 Å². The van der Waals surface area contributed by atoms with Crippen molar-refractivity contribution in [2.45, 2.75) is 19.6 Å². The Labute approximate surface area is 117 Å². The van der Waals surface area contributed by atoms with Crippen LogP contribution in [0.2, 0.25) is 0 Å². The third kappa shape index (κ3) is 4.17. The molecule has 0 aliphatic rings. The Morgan fingerprint density at radius 3 is 2.75 bits per heavy atom. The van der Waals surface area contributed by atoms with Crippen molar-refractivity contribution in [3.8, 4) is 0 Å². The van der Waals surface area contributed by atoms with E-state index in [1.165, 1.54) is 6.92 Å². The van der Waals surface area contributed by atoms with Crippen molar-refractivity contribution < 1.29 is 9.53 Å². The summed E-state index contributed by atoms with van der Waals surface area (Å²) in [5.41, 5.74) is 1.78. The number of carbonyl (C=O) groups excluding carboxylic acids is 1. The van der Waals surface area contributed by atoms with E-state index >= 15 is 0 Å². The van der Waals surface area contributed by atoms with Crippen LogP contribution < -0.4 is 5.32 Å². The molecule has 1 heterocycles. The Balaban J connectivity index is 1.92. The minimum absolute atomic E-state index is 0.0815. The van der Waals surface area contributed by atoms with Crippen LogP contribution in [0.25, 0.3) is 0 Å². The SMILES string of the molecule is CC(=O)NC(COCc1cn(C)nn1)c1ccccc1. The summed E-state index contributed by atoms with van der Waals surface area (Å²) in [5, 5.41) is 10.7. The van der Waals surface area contributed by atoms with E-state index in [-0.39, 0.29) is 11.9 Å². The molecule has 0 fully saturated rings. The summed E-state index contributed by atoms with van der Waals surface area (Å²) in [6.07, 6.45) is 1.80. The fourth-order valence-electron chi connectivity index (χ4n) is 1.89. The average Bonchev–Trinajstić information content (AvgIpc) is 2.84. The summed E-state index contributed by atoms with van der Waals surface area (Å²) in [6, 6.07) is 9.58. The summed E-state index contributed by atoms with van der Waals surface area (Å²) in [6.45, 7) is 2.26. The molecule has 1 atom stereocenters. The first-order valence-electron chi connectivity index (χ1n) is 6.40. The Hall–Kier alpha value is -2.21. The highest BCUT2D eigenvalue weighted by atomic mass is 16.5. The first-order chi connectivity index (χ1) is 9.65. The average molecular weight is 274 g/mol. The van der Waals surface area contributed by atoms with Crippen molar-refractivity contribution in [2.75, 3.05) is 6.61 Å². The van der Waals surface area contributed by atoms with Gasteiger partial charge in [-0.2, -0.15) is 0 Å². The van der Waals surface area contributed by atoms with Crippen LogP contribution in [0.1, 0.15) is 24.2 Å². The Kier molecular flexibility index (Phi) is 4.84. The maximum absolute atomic E-state index is 11.3. The van der Waals surface area contributed by atoms with Gasteiger partial charge < -0.3 is 10.1 Å². The molecule has 2 aromatic rings. The second-order valence-corrected chi connectivity index (χ2v) is 4.56. The van der Waals surface area contributed by atoms with Crippen molar-refractivity contribution in [1.82, 2.24) is 20.3 Å². The molecule has 1 aromatic heterocycles. The van der Waals surface area contributed by atoms with Crippen LogP contribution in [0, 0.1) is 0 Å². The normalized spacial score (nSPS) is 12.1. The zero-order valence-electron chi connectivity index (χ0n) is 11.6. The molecule has 1 amide bonds. The van der Waals surface area contributed by atoms with Gasteiger partial charge in [-0.15, -0.1) is 5.10 Å². The predicted octanol–water partition coefficient (Wildman–Crippen LogP) is 1.21. The number of aryl methyl sites for hydroxylation is 1. The first-order valence-corrected chi connectivity index (χ1v) is 6.40. The predicted molar refractivity (Wildman–Crippen MR) is 73.7 cm³/mol. The lowest BCUT2D eigenvalue weighted by atomic mass is 10.1. The standard InChI is InChI=1S/C14H18N4O2/c1-11(19)15-14(12-6-4-3-5-7-12)10-20-9-13-8-18(2)17-16-13/h3-8,14H,9-10H2,1-2H3,(H,15,19). The van der Waals surface area contributed by atoms with Crippen LogP contribution in [0.4, 0.5) is 0 Å². The van der Waals surface area contributed by atoms with Crippen LogP contribution in [-0.4, -0.2) is 27.5 Å². The number of carbonyl (C=O) groups is 1. The second-order valence-electron chi connectivity index (χ2n) is 4.56. The summed E-state index contributed by atoms with van der Waals surface area (Å²) in [4.78, 5) is 11.3. The highest BCUT2D eigenvalue weighted by Crippen LogP contribution is 2.13. The monoisotopic (exact) mass is 274 g/mol. The lowest BCUT2D eigenvalue weighted by Gasteiger charge is -2.18. The third-order valence-electron chi connectivity index (χ3n) is 2.76. The van der Waals surface area contributed by atoms with Crippen molar-refractivity contribution in [1.29, 1.82) is 0 Å². The molecule has 0 aliphatic heterocycles. The molecule has 20 heavy (non-hydrogen) atoms. The molecule has 2 rings (SSSR count). The molecule has 106 valence electrons. The number of hydrogen-bond donors (Lipinski definition) is 1. The molecule has 0 aliphatic carbocycles. The van der Waals surface area contributed by atoms with E-state index in [2.05, 4.69) is 15.6 Å². The smallest absolute Gasteiger partial charge is 0.217 e. The molecule has 1 unspecified atom stereocenters. The van der Waals surface area contributed by atoms with Gasteiger partial charge in [-0.1, -0.05) is 35.5 Å². The Bertz CT molecular complexity index is 553. The van der Waals surface area contributed by atoms with Gasteiger partial charge in [0.15, 0.2) is 0 Å². The van der Waals surface area contributed by atoms with E-state index in [9.17, 15) is 4.79 Å². The highest BCUT2D eigenvalue weighted by Gasteiger charge is 2.12. The van der Waals surface area contributed by atoms with Gasteiger partial charge in [0.1, 0.15) is 5.69 Å². The maximum atomic E-state index is 11.3. The topological polar surface area (TPSA) is 69.0 Å². The number of rotatable bonds is 6. The van der Waals surface area contributed by atoms with E-state index in [1.54, 1.807) is 17.9 Å². The van der Waals surface area contributed by atoms with Crippen LogP contribution >= 0.6 is 0 Å². The van der Waals surface area contributed by atoms with Crippen LogP contribution in [-0.2, 0) is 23.2 Å². The zero-order valence-corrected chi connectivity index (χ0v) is 11.6. The van der Waals surface area contributed by atoms with Gasteiger partial charge in [0.25, 0.3) is 0 Å². The van der Waals surface area contributed by atoms with Crippen LogP contribution in [0.5, 0.6) is 0 Å². The van der Waals surface area contributed by atoms with Crippen LogP contribution in [0.3, 0.4) is 0 Å². The number of nitrogens with one attached hydrogen (secondary N) is 1. The fourth-order valence-corrected chi connectivity index (χ4v) is 1.89. The number of nitrogens with zero attached hydrogens (tertiary/aromatic N) is 3. The number of ether oxygens (including phenoxy) is 1. The molecule has 1 N–H and O–H groups in total. The number of amides is 1. The molecular weight excluding hydrogens is 256 g/mol. The van der Waals surface area contributed by atoms with Gasteiger partial charge in [-0.05, 0) is 5.56 Å². The number of benzene rings is 1. The molecular formula is C14H18N4O2. The Morgan fingerprint density at radius 2 is 2.15 bits per heavy atom. The lowest BCUT2D eigenvalue weighted by molar-refractivity contribution is -0.120. The van der Waals surface area contributed by atoms with Gasteiger partial charge in [0.05, 0.1) is 25.5 Å². The summed E-state index contributed by atoms with van der Waals surface area (Å²) >= 11 is 0. The molecule has 6 heteroatoms.